The summed E-state index contributed by atoms with van der Waals surface area (Å²) < 4.78 is 5.63. The van der Waals surface area contributed by atoms with Gasteiger partial charge >= 0.3 is 0 Å². The number of amides is 1. The SMILES string of the molecule is Cc1cc(C=C2C(=O)N(c3ccccc3)C(=S)N2C)oc1C. The quantitative estimate of drug-likeness (QED) is 0.628. The van der Waals surface area contributed by atoms with Crippen LogP contribution < -0.4 is 4.90 Å². The van der Waals surface area contributed by atoms with Crippen LogP contribution in [0.5, 0.6) is 0 Å². The average Bonchev–Trinajstić information content (AvgIpc) is 2.92. The Balaban J connectivity index is 2.00. The summed E-state index contributed by atoms with van der Waals surface area (Å²) in [5.74, 6) is 1.36. The van der Waals surface area contributed by atoms with Crippen molar-refractivity contribution in [3.63, 3.8) is 0 Å². The van der Waals surface area contributed by atoms with Crippen LogP contribution in [0.4, 0.5) is 5.69 Å². The second-order valence-corrected chi connectivity index (χ2v) is 5.60. The normalized spacial score (nSPS) is 17.0. The van der Waals surface area contributed by atoms with Gasteiger partial charge in [-0.2, -0.15) is 0 Å². The van der Waals surface area contributed by atoms with E-state index in [-0.39, 0.29) is 5.91 Å². The van der Waals surface area contributed by atoms with Gasteiger partial charge in [0.15, 0.2) is 5.11 Å². The Kier molecular flexibility index (Phi) is 3.58. The molecule has 1 aromatic heterocycles. The lowest BCUT2D eigenvalue weighted by atomic mass is 10.2. The maximum atomic E-state index is 12.7. The zero-order valence-corrected chi connectivity index (χ0v) is 13.5. The number of carbonyl (C=O) groups excluding carboxylic acids is 1. The molecule has 0 aliphatic carbocycles. The molecule has 0 bridgehead atoms. The number of rotatable bonds is 2. The van der Waals surface area contributed by atoms with Crippen LogP contribution in [-0.2, 0) is 4.79 Å². The summed E-state index contributed by atoms with van der Waals surface area (Å²) in [6.07, 6.45) is 1.73. The van der Waals surface area contributed by atoms with E-state index in [0.29, 0.717) is 16.6 Å². The third kappa shape index (κ3) is 2.33. The number of para-hydroxylation sites is 1. The highest BCUT2D eigenvalue weighted by molar-refractivity contribution is 7.80. The summed E-state index contributed by atoms with van der Waals surface area (Å²) in [6.45, 7) is 3.88. The van der Waals surface area contributed by atoms with Crippen LogP contribution in [0.3, 0.4) is 0 Å². The molecule has 2 heterocycles. The molecule has 0 N–H and O–H groups in total. The highest BCUT2D eigenvalue weighted by Gasteiger charge is 2.36. The Morgan fingerprint density at radius 3 is 2.45 bits per heavy atom. The zero-order valence-electron chi connectivity index (χ0n) is 12.7. The predicted octanol–water partition coefficient (Wildman–Crippen LogP) is 3.50. The highest BCUT2D eigenvalue weighted by Crippen LogP contribution is 2.28. The van der Waals surface area contributed by atoms with Crippen molar-refractivity contribution < 1.29 is 9.21 Å². The number of nitrogens with zero attached hydrogens (tertiary/aromatic N) is 2. The number of furan rings is 1. The molecule has 0 radical (unpaired) electrons. The summed E-state index contributed by atoms with van der Waals surface area (Å²) in [5.41, 5.74) is 2.32. The monoisotopic (exact) mass is 312 g/mol. The van der Waals surface area contributed by atoms with Crippen molar-refractivity contribution >= 4 is 35.0 Å². The van der Waals surface area contributed by atoms with Crippen LogP contribution in [0.1, 0.15) is 17.1 Å². The number of carbonyl (C=O) groups is 1. The molecule has 0 atom stereocenters. The summed E-state index contributed by atoms with van der Waals surface area (Å²) in [5, 5.41) is 0.461. The Labute approximate surface area is 134 Å². The minimum Gasteiger partial charge on any atom is -0.462 e. The molecule has 22 heavy (non-hydrogen) atoms. The summed E-state index contributed by atoms with van der Waals surface area (Å²) in [4.78, 5) is 15.9. The van der Waals surface area contributed by atoms with Crippen LogP contribution >= 0.6 is 12.2 Å². The number of hydrogen-bond donors (Lipinski definition) is 0. The molecule has 5 heteroatoms. The molecule has 4 nitrogen and oxygen atoms in total. The van der Waals surface area contributed by atoms with E-state index in [1.807, 2.05) is 50.2 Å². The van der Waals surface area contributed by atoms with E-state index < -0.39 is 0 Å². The van der Waals surface area contributed by atoms with Gasteiger partial charge in [0.25, 0.3) is 5.91 Å². The Hall–Kier alpha value is -2.40. The number of benzene rings is 1. The first-order valence-corrected chi connectivity index (χ1v) is 7.36. The summed E-state index contributed by atoms with van der Waals surface area (Å²) in [6, 6.07) is 11.3. The van der Waals surface area contributed by atoms with Gasteiger partial charge in [-0.1, -0.05) is 18.2 Å². The fourth-order valence-corrected chi connectivity index (χ4v) is 2.66. The fourth-order valence-electron chi connectivity index (χ4n) is 2.37. The van der Waals surface area contributed by atoms with Crippen molar-refractivity contribution in [2.45, 2.75) is 13.8 Å². The third-order valence-electron chi connectivity index (χ3n) is 3.74. The van der Waals surface area contributed by atoms with Crippen molar-refractivity contribution in [2.24, 2.45) is 0 Å². The standard InChI is InChI=1S/C17H16N2O2S/c1-11-9-14(21-12(11)2)10-15-16(20)19(17(22)18(15)3)13-7-5-4-6-8-13/h4-10H,1-3H3. The van der Waals surface area contributed by atoms with Crippen LogP contribution in [0.2, 0.25) is 0 Å². The maximum Gasteiger partial charge on any atom is 0.281 e. The maximum absolute atomic E-state index is 12.7. The van der Waals surface area contributed by atoms with Gasteiger partial charge in [-0.15, -0.1) is 0 Å². The first-order chi connectivity index (χ1) is 10.5. The molecule has 1 aromatic carbocycles. The number of aryl methyl sites for hydroxylation is 2. The minimum atomic E-state index is -0.148. The number of anilines is 1. The number of thiocarbonyl (C=S) groups is 1. The van der Waals surface area contributed by atoms with Gasteiger partial charge in [0, 0.05) is 13.1 Å². The Bertz CT molecular complexity index is 758. The second kappa shape index (κ2) is 5.42. The highest BCUT2D eigenvalue weighted by atomic mass is 32.1. The van der Waals surface area contributed by atoms with Crippen LogP contribution in [0, 0.1) is 13.8 Å². The molecule has 1 saturated heterocycles. The van der Waals surface area contributed by atoms with Crippen molar-refractivity contribution in [1.82, 2.24) is 4.90 Å². The third-order valence-corrected chi connectivity index (χ3v) is 4.20. The van der Waals surface area contributed by atoms with Gasteiger partial charge in [-0.25, -0.2) is 0 Å². The summed E-state index contributed by atoms with van der Waals surface area (Å²) in [7, 11) is 1.79. The molecule has 3 rings (SSSR count). The van der Waals surface area contributed by atoms with Gasteiger partial charge in [0.2, 0.25) is 0 Å². The topological polar surface area (TPSA) is 36.7 Å². The fraction of sp³-hybridized carbons (Fsp3) is 0.176. The van der Waals surface area contributed by atoms with Crippen molar-refractivity contribution in [3.05, 3.63) is 59.2 Å². The first-order valence-electron chi connectivity index (χ1n) is 6.95. The van der Waals surface area contributed by atoms with Crippen LogP contribution in [0.15, 0.2) is 46.5 Å². The second-order valence-electron chi connectivity index (χ2n) is 5.24. The Morgan fingerprint density at radius 2 is 1.86 bits per heavy atom. The van der Waals surface area contributed by atoms with Crippen LogP contribution in [-0.4, -0.2) is 23.0 Å². The molecule has 112 valence electrons. The van der Waals surface area contributed by atoms with Crippen molar-refractivity contribution in [1.29, 1.82) is 0 Å². The molecule has 1 aliphatic heterocycles. The molecule has 1 amide bonds. The first kappa shape index (κ1) is 14.5. The smallest absolute Gasteiger partial charge is 0.281 e. The molecular weight excluding hydrogens is 296 g/mol. The van der Waals surface area contributed by atoms with Gasteiger partial charge < -0.3 is 9.32 Å². The molecule has 0 unspecified atom stereocenters. The van der Waals surface area contributed by atoms with E-state index in [4.69, 9.17) is 16.6 Å². The van der Waals surface area contributed by atoms with Crippen molar-refractivity contribution in [3.8, 4) is 0 Å². The van der Waals surface area contributed by atoms with Crippen LogP contribution in [0.25, 0.3) is 6.08 Å². The van der Waals surface area contributed by atoms with E-state index in [0.717, 1.165) is 17.0 Å². The summed E-state index contributed by atoms with van der Waals surface area (Å²) >= 11 is 5.41. The minimum absolute atomic E-state index is 0.148. The van der Waals surface area contributed by atoms with Crippen molar-refractivity contribution in [2.75, 3.05) is 11.9 Å². The lowest BCUT2D eigenvalue weighted by Crippen LogP contribution is -2.30. The predicted molar refractivity (Wildman–Crippen MR) is 90.4 cm³/mol. The zero-order chi connectivity index (χ0) is 15.9. The molecule has 1 aliphatic rings. The number of likely N-dealkylation sites (N-methyl/N-ethyl adjacent to an activating group) is 1. The van der Waals surface area contributed by atoms with Gasteiger partial charge in [-0.05, 0) is 49.8 Å². The molecule has 0 saturated carbocycles. The van der Waals surface area contributed by atoms with Gasteiger partial charge in [0.05, 0.1) is 5.69 Å². The lowest BCUT2D eigenvalue weighted by Gasteiger charge is -2.16. The molecule has 2 aromatic rings. The van der Waals surface area contributed by atoms with E-state index in [1.165, 1.54) is 4.90 Å². The number of hydrogen-bond acceptors (Lipinski definition) is 3. The average molecular weight is 312 g/mol. The largest absolute Gasteiger partial charge is 0.462 e. The van der Waals surface area contributed by atoms with E-state index >= 15 is 0 Å². The van der Waals surface area contributed by atoms with E-state index in [2.05, 4.69) is 0 Å². The van der Waals surface area contributed by atoms with E-state index in [9.17, 15) is 4.79 Å². The Morgan fingerprint density at radius 1 is 1.18 bits per heavy atom. The van der Waals surface area contributed by atoms with Gasteiger partial charge in [0.1, 0.15) is 17.2 Å². The molecule has 0 spiro atoms. The molecular formula is C17H16N2O2S. The lowest BCUT2D eigenvalue weighted by molar-refractivity contribution is -0.114. The molecule has 1 fully saturated rings. The van der Waals surface area contributed by atoms with E-state index in [1.54, 1.807) is 18.0 Å². The van der Waals surface area contributed by atoms with Gasteiger partial charge in [-0.3, -0.25) is 9.69 Å².